The van der Waals surface area contributed by atoms with Gasteiger partial charge < -0.3 is 10.2 Å². The molecule has 2 saturated heterocycles. The highest BCUT2D eigenvalue weighted by Crippen LogP contribution is 2.20. The summed E-state index contributed by atoms with van der Waals surface area (Å²) in [5.74, 6) is 0.838. The molecule has 0 aromatic heterocycles. The van der Waals surface area contributed by atoms with Crippen LogP contribution < -0.4 is 5.32 Å². The number of nitrogens with zero attached hydrogens (tertiary/aromatic N) is 2. The monoisotopic (exact) mass is 373 g/mol. The normalized spacial score (nSPS) is 24.3. The Balaban J connectivity index is 1.68. The summed E-state index contributed by atoms with van der Waals surface area (Å²) in [5, 5.41) is 3.02. The summed E-state index contributed by atoms with van der Waals surface area (Å²) in [5.41, 5.74) is 0. The molecule has 0 bridgehead atoms. The van der Waals surface area contributed by atoms with Crippen LogP contribution in [0.1, 0.15) is 52.4 Å². The van der Waals surface area contributed by atoms with Crippen molar-refractivity contribution in [2.24, 2.45) is 11.8 Å². The average Bonchev–Trinajstić information content (AvgIpc) is 2.60. The standard InChI is InChI=1S/C18H35N3O3S/c1-3-14-25(23,24)21-11-4-6-17(15-21)18(22)19-9-5-10-20-12-7-16(2)8-13-20/h16-17H,3-15H2,1-2H3,(H,19,22)/t17-/m0/s1. The summed E-state index contributed by atoms with van der Waals surface area (Å²) < 4.78 is 25.9. The van der Waals surface area contributed by atoms with E-state index in [1.54, 1.807) is 0 Å². The quantitative estimate of drug-likeness (QED) is 0.657. The number of likely N-dealkylation sites (tertiary alicyclic amines) is 1. The van der Waals surface area contributed by atoms with Crippen molar-refractivity contribution in [3.63, 3.8) is 0 Å². The van der Waals surface area contributed by atoms with Crippen molar-refractivity contribution in [1.82, 2.24) is 14.5 Å². The Kier molecular flexibility index (Phi) is 8.16. The molecule has 146 valence electrons. The van der Waals surface area contributed by atoms with Gasteiger partial charge in [0.25, 0.3) is 0 Å². The summed E-state index contributed by atoms with van der Waals surface area (Å²) in [7, 11) is -3.20. The third kappa shape index (κ3) is 6.53. The van der Waals surface area contributed by atoms with Crippen LogP contribution in [0.4, 0.5) is 0 Å². The van der Waals surface area contributed by atoms with Crippen LogP contribution >= 0.6 is 0 Å². The highest BCUT2D eigenvalue weighted by atomic mass is 32.2. The maximum atomic E-state index is 12.4. The van der Waals surface area contributed by atoms with Crippen LogP contribution in [0.15, 0.2) is 0 Å². The molecule has 0 radical (unpaired) electrons. The molecule has 1 N–H and O–H groups in total. The molecule has 2 aliphatic rings. The fourth-order valence-electron chi connectivity index (χ4n) is 3.74. The lowest BCUT2D eigenvalue weighted by Gasteiger charge is -2.31. The second-order valence-electron chi connectivity index (χ2n) is 7.68. The number of carbonyl (C=O) groups excluding carboxylic acids is 1. The molecular weight excluding hydrogens is 338 g/mol. The molecule has 2 aliphatic heterocycles. The molecule has 0 aromatic carbocycles. The average molecular weight is 374 g/mol. The van der Waals surface area contributed by atoms with Gasteiger partial charge in [-0.2, -0.15) is 0 Å². The Labute approximate surface area is 153 Å². The summed E-state index contributed by atoms with van der Waals surface area (Å²) in [6, 6.07) is 0. The molecule has 2 rings (SSSR count). The highest BCUT2D eigenvalue weighted by Gasteiger charge is 2.31. The Morgan fingerprint density at radius 2 is 1.88 bits per heavy atom. The minimum Gasteiger partial charge on any atom is -0.356 e. The van der Waals surface area contributed by atoms with E-state index in [1.165, 1.54) is 30.2 Å². The van der Waals surface area contributed by atoms with E-state index in [-0.39, 0.29) is 17.6 Å². The van der Waals surface area contributed by atoms with Crippen LogP contribution in [0.2, 0.25) is 0 Å². The largest absolute Gasteiger partial charge is 0.356 e. The molecule has 2 heterocycles. The molecule has 1 atom stereocenters. The first kappa shape index (κ1) is 20.6. The lowest BCUT2D eigenvalue weighted by atomic mass is 9.98. The van der Waals surface area contributed by atoms with Gasteiger partial charge in [-0.3, -0.25) is 4.79 Å². The van der Waals surface area contributed by atoms with Gasteiger partial charge in [0, 0.05) is 19.6 Å². The molecule has 2 fully saturated rings. The van der Waals surface area contributed by atoms with Gasteiger partial charge in [-0.15, -0.1) is 0 Å². The molecule has 6 nitrogen and oxygen atoms in total. The number of hydrogen-bond acceptors (Lipinski definition) is 4. The van der Waals surface area contributed by atoms with Crippen LogP contribution in [0.25, 0.3) is 0 Å². The van der Waals surface area contributed by atoms with Gasteiger partial charge >= 0.3 is 0 Å². The Morgan fingerprint density at radius 1 is 1.16 bits per heavy atom. The second-order valence-corrected chi connectivity index (χ2v) is 9.77. The lowest BCUT2D eigenvalue weighted by molar-refractivity contribution is -0.126. The van der Waals surface area contributed by atoms with Crippen molar-refractivity contribution in [1.29, 1.82) is 0 Å². The van der Waals surface area contributed by atoms with Crippen molar-refractivity contribution in [3.8, 4) is 0 Å². The van der Waals surface area contributed by atoms with Crippen LogP contribution in [0.3, 0.4) is 0 Å². The van der Waals surface area contributed by atoms with E-state index >= 15 is 0 Å². The molecule has 0 aromatic rings. The Bertz CT molecular complexity index is 516. The molecular formula is C18H35N3O3S. The number of rotatable bonds is 8. The minimum absolute atomic E-state index is 0.0173. The van der Waals surface area contributed by atoms with Crippen molar-refractivity contribution >= 4 is 15.9 Å². The van der Waals surface area contributed by atoms with Crippen molar-refractivity contribution in [2.45, 2.75) is 52.4 Å². The SMILES string of the molecule is CCCS(=O)(=O)N1CCC[C@H](C(=O)NCCCN2CCC(C)CC2)C1. The second kappa shape index (κ2) is 9.88. The molecule has 1 amide bonds. The van der Waals surface area contributed by atoms with E-state index in [4.69, 9.17) is 0 Å². The molecule has 0 unspecified atom stereocenters. The van der Waals surface area contributed by atoms with Gasteiger partial charge in [-0.1, -0.05) is 13.8 Å². The van der Waals surface area contributed by atoms with Crippen LogP contribution in [-0.2, 0) is 14.8 Å². The number of carbonyl (C=O) groups is 1. The number of hydrogen-bond donors (Lipinski definition) is 1. The van der Waals surface area contributed by atoms with Gasteiger partial charge in [0.1, 0.15) is 0 Å². The van der Waals surface area contributed by atoms with E-state index < -0.39 is 10.0 Å². The highest BCUT2D eigenvalue weighted by molar-refractivity contribution is 7.89. The summed E-state index contributed by atoms with van der Waals surface area (Å²) >= 11 is 0. The van der Waals surface area contributed by atoms with Crippen molar-refractivity contribution in [2.75, 3.05) is 45.0 Å². The van der Waals surface area contributed by atoms with Gasteiger partial charge in [-0.25, -0.2) is 12.7 Å². The van der Waals surface area contributed by atoms with E-state index in [9.17, 15) is 13.2 Å². The first-order valence-electron chi connectivity index (χ1n) is 9.90. The van der Waals surface area contributed by atoms with Crippen LogP contribution in [-0.4, -0.2) is 68.6 Å². The molecule has 0 aliphatic carbocycles. The third-order valence-electron chi connectivity index (χ3n) is 5.44. The molecule has 7 heteroatoms. The van der Waals surface area contributed by atoms with Gasteiger partial charge in [0.2, 0.25) is 15.9 Å². The number of nitrogens with one attached hydrogen (secondary N) is 1. The maximum absolute atomic E-state index is 12.4. The first-order chi connectivity index (χ1) is 11.9. The van der Waals surface area contributed by atoms with E-state index in [0.717, 1.165) is 31.7 Å². The third-order valence-corrected chi connectivity index (χ3v) is 7.48. The summed E-state index contributed by atoms with van der Waals surface area (Å²) in [6.07, 6.45) is 5.68. The van der Waals surface area contributed by atoms with Gasteiger partial charge in [0.15, 0.2) is 0 Å². The van der Waals surface area contributed by atoms with E-state index in [2.05, 4.69) is 17.1 Å². The predicted molar refractivity (Wildman–Crippen MR) is 101 cm³/mol. The fourth-order valence-corrected chi connectivity index (χ4v) is 5.33. The van der Waals surface area contributed by atoms with Crippen molar-refractivity contribution < 1.29 is 13.2 Å². The number of sulfonamides is 1. The number of piperidine rings is 2. The van der Waals surface area contributed by atoms with Crippen LogP contribution in [0.5, 0.6) is 0 Å². The zero-order valence-corrected chi connectivity index (χ0v) is 16.7. The fraction of sp³-hybridized carbons (Fsp3) is 0.944. The smallest absolute Gasteiger partial charge is 0.224 e. The first-order valence-corrected chi connectivity index (χ1v) is 11.5. The molecule has 25 heavy (non-hydrogen) atoms. The Morgan fingerprint density at radius 3 is 2.56 bits per heavy atom. The van der Waals surface area contributed by atoms with Crippen molar-refractivity contribution in [3.05, 3.63) is 0 Å². The Hall–Kier alpha value is -0.660. The van der Waals surface area contributed by atoms with E-state index in [0.29, 0.717) is 26.1 Å². The molecule has 0 saturated carbocycles. The number of amides is 1. The summed E-state index contributed by atoms with van der Waals surface area (Å²) in [6.45, 7) is 9.14. The molecule has 0 spiro atoms. The van der Waals surface area contributed by atoms with Gasteiger partial charge in [-0.05, 0) is 64.1 Å². The predicted octanol–water partition coefficient (Wildman–Crippen LogP) is 1.68. The zero-order valence-electron chi connectivity index (χ0n) is 15.9. The maximum Gasteiger partial charge on any atom is 0.224 e. The van der Waals surface area contributed by atoms with E-state index in [1.807, 2.05) is 6.92 Å². The van der Waals surface area contributed by atoms with Gasteiger partial charge in [0.05, 0.1) is 11.7 Å². The zero-order chi connectivity index (χ0) is 18.3. The minimum atomic E-state index is -3.20. The van der Waals surface area contributed by atoms with Crippen LogP contribution in [0, 0.1) is 11.8 Å². The summed E-state index contributed by atoms with van der Waals surface area (Å²) in [4.78, 5) is 14.9. The lowest BCUT2D eigenvalue weighted by Crippen LogP contribution is -2.46. The topological polar surface area (TPSA) is 69.7 Å².